The van der Waals surface area contributed by atoms with Crippen LogP contribution in [0.3, 0.4) is 0 Å². The first-order chi connectivity index (χ1) is 11.0. The van der Waals surface area contributed by atoms with Gasteiger partial charge in [-0.25, -0.2) is 0 Å². The van der Waals surface area contributed by atoms with Crippen molar-refractivity contribution in [2.75, 3.05) is 6.54 Å². The summed E-state index contributed by atoms with van der Waals surface area (Å²) in [6, 6.07) is 14.8. The molecule has 0 unspecified atom stereocenters. The van der Waals surface area contributed by atoms with Gasteiger partial charge in [0.1, 0.15) is 0 Å². The highest BCUT2D eigenvalue weighted by Crippen LogP contribution is 2.14. The summed E-state index contributed by atoms with van der Waals surface area (Å²) in [7, 11) is 0. The van der Waals surface area contributed by atoms with E-state index in [1.807, 2.05) is 42.5 Å². The standard InChI is InChI=1S/C17H16BrClN2O2/c18-14-6-3-4-12(8-14)9-16(22)21-11-17(23)20-10-13-5-1-2-7-15(13)19/h1-8H,9-11H2,(H,20,23)(H,21,22). The Morgan fingerprint density at radius 2 is 1.78 bits per heavy atom. The molecule has 0 aliphatic rings. The van der Waals surface area contributed by atoms with E-state index in [2.05, 4.69) is 26.6 Å². The van der Waals surface area contributed by atoms with E-state index < -0.39 is 0 Å². The molecular formula is C17H16BrClN2O2. The second kappa shape index (κ2) is 8.70. The van der Waals surface area contributed by atoms with Crippen LogP contribution in [-0.2, 0) is 22.6 Å². The number of hydrogen-bond acceptors (Lipinski definition) is 2. The highest BCUT2D eigenvalue weighted by atomic mass is 79.9. The molecule has 2 aromatic carbocycles. The zero-order chi connectivity index (χ0) is 16.7. The molecule has 0 aliphatic carbocycles. The average molecular weight is 396 g/mol. The van der Waals surface area contributed by atoms with Crippen LogP contribution in [0.25, 0.3) is 0 Å². The van der Waals surface area contributed by atoms with Crippen LogP contribution in [0.5, 0.6) is 0 Å². The van der Waals surface area contributed by atoms with E-state index in [-0.39, 0.29) is 24.8 Å². The molecular weight excluding hydrogens is 380 g/mol. The number of amides is 2. The fraction of sp³-hybridized carbons (Fsp3) is 0.176. The van der Waals surface area contributed by atoms with Crippen LogP contribution in [0.1, 0.15) is 11.1 Å². The molecule has 0 bridgehead atoms. The molecule has 0 heterocycles. The average Bonchev–Trinajstić information content (AvgIpc) is 2.52. The van der Waals surface area contributed by atoms with Crippen molar-refractivity contribution in [2.45, 2.75) is 13.0 Å². The maximum Gasteiger partial charge on any atom is 0.239 e. The summed E-state index contributed by atoms with van der Waals surface area (Å²) in [6.45, 7) is 0.275. The molecule has 6 heteroatoms. The summed E-state index contributed by atoms with van der Waals surface area (Å²) >= 11 is 9.37. The molecule has 0 fully saturated rings. The summed E-state index contributed by atoms with van der Waals surface area (Å²) in [5, 5.41) is 5.93. The van der Waals surface area contributed by atoms with E-state index in [1.54, 1.807) is 6.07 Å². The van der Waals surface area contributed by atoms with Crippen LogP contribution in [0, 0.1) is 0 Å². The van der Waals surface area contributed by atoms with Crippen molar-refractivity contribution in [3.8, 4) is 0 Å². The Kier molecular flexibility index (Phi) is 6.62. The lowest BCUT2D eigenvalue weighted by molar-refractivity contribution is -0.125. The van der Waals surface area contributed by atoms with Crippen molar-refractivity contribution in [1.29, 1.82) is 0 Å². The number of hydrogen-bond donors (Lipinski definition) is 2. The molecule has 2 amide bonds. The largest absolute Gasteiger partial charge is 0.350 e. The minimum atomic E-state index is -0.257. The number of carbonyl (C=O) groups is 2. The molecule has 2 aromatic rings. The van der Waals surface area contributed by atoms with Gasteiger partial charge in [0.2, 0.25) is 11.8 Å². The van der Waals surface area contributed by atoms with E-state index in [0.29, 0.717) is 11.6 Å². The lowest BCUT2D eigenvalue weighted by atomic mass is 10.1. The van der Waals surface area contributed by atoms with Gasteiger partial charge in [-0.1, -0.05) is 57.9 Å². The molecule has 0 saturated carbocycles. The highest BCUT2D eigenvalue weighted by Gasteiger charge is 2.07. The predicted octanol–water partition coefficient (Wildman–Crippen LogP) is 3.08. The maximum absolute atomic E-state index is 11.8. The number of halogens is 2. The monoisotopic (exact) mass is 394 g/mol. The van der Waals surface area contributed by atoms with Crippen LogP contribution in [0.2, 0.25) is 5.02 Å². The summed E-state index contributed by atoms with van der Waals surface area (Å²) < 4.78 is 0.917. The van der Waals surface area contributed by atoms with Gasteiger partial charge < -0.3 is 10.6 Å². The van der Waals surface area contributed by atoms with Crippen LogP contribution in [0.4, 0.5) is 0 Å². The SMILES string of the molecule is O=C(CNC(=O)Cc1cccc(Br)c1)NCc1ccccc1Cl. The highest BCUT2D eigenvalue weighted by molar-refractivity contribution is 9.10. The van der Waals surface area contributed by atoms with E-state index in [4.69, 9.17) is 11.6 Å². The summed E-state index contributed by atoms with van der Waals surface area (Å²) in [4.78, 5) is 23.6. The Labute approximate surface area is 148 Å². The summed E-state index contributed by atoms with van der Waals surface area (Å²) in [6.07, 6.45) is 0.233. The Hall–Kier alpha value is -1.85. The van der Waals surface area contributed by atoms with Crippen LogP contribution >= 0.6 is 27.5 Å². The molecule has 23 heavy (non-hydrogen) atoms. The number of rotatable bonds is 6. The topological polar surface area (TPSA) is 58.2 Å². The number of nitrogens with one attached hydrogen (secondary N) is 2. The second-order valence-corrected chi connectivity index (χ2v) is 6.27. The smallest absolute Gasteiger partial charge is 0.239 e. The fourth-order valence-corrected chi connectivity index (χ4v) is 2.62. The minimum Gasteiger partial charge on any atom is -0.350 e. The quantitative estimate of drug-likeness (QED) is 0.790. The van der Waals surface area contributed by atoms with Gasteiger partial charge in [0.25, 0.3) is 0 Å². The van der Waals surface area contributed by atoms with Crippen LogP contribution < -0.4 is 10.6 Å². The zero-order valence-corrected chi connectivity index (χ0v) is 14.7. The van der Waals surface area contributed by atoms with E-state index in [9.17, 15) is 9.59 Å². The molecule has 2 N–H and O–H groups in total. The maximum atomic E-state index is 11.8. The molecule has 4 nitrogen and oxygen atoms in total. The molecule has 2 rings (SSSR count). The third-order valence-electron chi connectivity index (χ3n) is 3.13. The van der Waals surface area contributed by atoms with E-state index in [1.165, 1.54) is 0 Å². The molecule has 0 saturated heterocycles. The minimum absolute atomic E-state index is 0.0582. The first-order valence-electron chi connectivity index (χ1n) is 7.06. The molecule has 0 atom stereocenters. The van der Waals surface area contributed by atoms with Crippen LogP contribution in [0.15, 0.2) is 53.0 Å². The number of benzene rings is 2. The van der Waals surface area contributed by atoms with Gasteiger partial charge in [-0.15, -0.1) is 0 Å². The van der Waals surface area contributed by atoms with Gasteiger partial charge in [0.05, 0.1) is 13.0 Å². The lowest BCUT2D eigenvalue weighted by Gasteiger charge is -2.08. The predicted molar refractivity (Wildman–Crippen MR) is 94.2 cm³/mol. The van der Waals surface area contributed by atoms with Crippen molar-refractivity contribution in [2.24, 2.45) is 0 Å². The van der Waals surface area contributed by atoms with Crippen molar-refractivity contribution in [1.82, 2.24) is 10.6 Å². The first-order valence-corrected chi connectivity index (χ1v) is 8.23. The molecule has 0 spiro atoms. The summed E-state index contributed by atoms with van der Waals surface area (Å²) in [5.41, 5.74) is 1.72. The van der Waals surface area contributed by atoms with Gasteiger partial charge in [-0.2, -0.15) is 0 Å². The first kappa shape index (κ1) is 17.5. The Bertz CT molecular complexity index is 706. The lowest BCUT2D eigenvalue weighted by Crippen LogP contribution is -2.37. The van der Waals surface area contributed by atoms with Crippen molar-refractivity contribution >= 4 is 39.3 Å². The molecule has 0 aromatic heterocycles. The van der Waals surface area contributed by atoms with E-state index >= 15 is 0 Å². The Balaban J connectivity index is 1.74. The second-order valence-electron chi connectivity index (χ2n) is 4.95. The van der Waals surface area contributed by atoms with Gasteiger partial charge in [0.15, 0.2) is 0 Å². The van der Waals surface area contributed by atoms with Crippen molar-refractivity contribution < 1.29 is 9.59 Å². The molecule has 0 radical (unpaired) electrons. The van der Waals surface area contributed by atoms with E-state index in [0.717, 1.165) is 15.6 Å². The Morgan fingerprint density at radius 3 is 2.52 bits per heavy atom. The van der Waals surface area contributed by atoms with Gasteiger partial charge in [-0.05, 0) is 29.3 Å². The third-order valence-corrected chi connectivity index (χ3v) is 4.00. The normalized spacial score (nSPS) is 10.2. The molecule has 120 valence electrons. The van der Waals surface area contributed by atoms with Crippen molar-refractivity contribution in [3.63, 3.8) is 0 Å². The van der Waals surface area contributed by atoms with Crippen LogP contribution in [-0.4, -0.2) is 18.4 Å². The van der Waals surface area contributed by atoms with Gasteiger partial charge >= 0.3 is 0 Å². The summed E-state index contributed by atoms with van der Waals surface area (Å²) in [5.74, 6) is -0.455. The Morgan fingerprint density at radius 1 is 1.00 bits per heavy atom. The fourth-order valence-electron chi connectivity index (χ4n) is 1.97. The van der Waals surface area contributed by atoms with Gasteiger partial charge in [-0.3, -0.25) is 9.59 Å². The van der Waals surface area contributed by atoms with Crippen molar-refractivity contribution in [3.05, 3.63) is 69.2 Å². The van der Waals surface area contributed by atoms with Gasteiger partial charge in [0, 0.05) is 16.0 Å². The number of carbonyl (C=O) groups excluding carboxylic acids is 2. The molecule has 0 aliphatic heterocycles. The third kappa shape index (κ3) is 6.04. The zero-order valence-electron chi connectivity index (χ0n) is 12.3.